The van der Waals surface area contributed by atoms with E-state index in [2.05, 4.69) is 20.4 Å². The second-order valence-corrected chi connectivity index (χ2v) is 13.3. The molecule has 0 aliphatic heterocycles. The van der Waals surface area contributed by atoms with Gasteiger partial charge in [0, 0.05) is 24.0 Å². The van der Waals surface area contributed by atoms with E-state index in [9.17, 15) is 9.59 Å². The lowest BCUT2D eigenvalue weighted by atomic mass is 9.46. The fourth-order valence-corrected chi connectivity index (χ4v) is 10.8. The lowest BCUT2D eigenvalue weighted by Gasteiger charge is -2.63. The highest BCUT2D eigenvalue weighted by Gasteiger charge is 2.74. The van der Waals surface area contributed by atoms with Crippen molar-refractivity contribution in [1.82, 2.24) is 0 Å². The number of carbonyl (C=O) groups is 2. The minimum absolute atomic E-state index is 0.0459. The van der Waals surface area contributed by atoms with Crippen LogP contribution in [-0.4, -0.2) is 39.1 Å². The van der Waals surface area contributed by atoms with Crippen LogP contribution in [0.3, 0.4) is 0 Å². The molecular weight excluding hydrogens is 443 g/mol. The zero-order valence-electron chi connectivity index (χ0n) is 19.6. The Kier molecular flexibility index (Phi) is 6.28. The lowest BCUT2D eigenvalue weighted by Crippen LogP contribution is -2.68. The van der Waals surface area contributed by atoms with Gasteiger partial charge < -0.3 is 4.74 Å². The molecule has 176 valence electrons. The van der Waals surface area contributed by atoms with Gasteiger partial charge in [-0.3, -0.25) is 9.59 Å². The number of hydrogen-bond donors (Lipinski definition) is 0. The molecule has 4 rings (SSSR count). The Bertz CT molecular complexity index is 884. The Morgan fingerprint density at radius 3 is 2.72 bits per heavy atom. The van der Waals surface area contributed by atoms with Gasteiger partial charge in [0.1, 0.15) is 6.10 Å². The van der Waals surface area contributed by atoms with Crippen molar-refractivity contribution >= 4 is 35.3 Å². The van der Waals surface area contributed by atoms with Gasteiger partial charge in [-0.2, -0.15) is 0 Å². The van der Waals surface area contributed by atoms with Crippen LogP contribution in [0.25, 0.3) is 0 Å². The normalized spacial score (nSPS) is 44.8. The van der Waals surface area contributed by atoms with E-state index in [0.717, 1.165) is 36.3 Å². The zero-order valence-corrected chi connectivity index (χ0v) is 21.3. The minimum Gasteiger partial charge on any atom is -0.459 e. The standard InChI is InChI=1S/C26H35FO3S2/c1-6-14-32-25(31-7-2)13-11-20-21-9-8-18-15-19(29)10-12-23(18,4)26(21,27)22(30-17(3)28)16-24(20,25)5/h6,10,12,15,20-22H,1,7-9,11,13-14,16H2,2-5H3/t20-,21-,22-,23-,24-,25-,26?/m0/s1. The van der Waals surface area contributed by atoms with Gasteiger partial charge in [-0.15, -0.1) is 30.1 Å². The number of carbonyl (C=O) groups excluding carboxylic acids is 2. The van der Waals surface area contributed by atoms with Crippen molar-refractivity contribution in [3.8, 4) is 0 Å². The summed E-state index contributed by atoms with van der Waals surface area (Å²) in [6, 6.07) is 0. The fourth-order valence-electron chi connectivity index (χ4n) is 7.39. The van der Waals surface area contributed by atoms with Crippen molar-refractivity contribution in [2.75, 3.05) is 11.5 Å². The van der Waals surface area contributed by atoms with Crippen LogP contribution in [-0.2, 0) is 14.3 Å². The molecule has 0 saturated heterocycles. The third-order valence-electron chi connectivity index (χ3n) is 8.78. The Labute approximate surface area is 200 Å². The van der Waals surface area contributed by atoms with Crippen molar-refractivity contribution in [1.29, 1.82) is 0 Å². The van der Waals surface area contributed by atoms with E-state index in [-0.39, 0.29) is 27.1 Å². The summed E-state index contributed by atoms with van der Waals surface area (Å²) in [6.07, 6.45) is 9.90. The molecule has 6 heteroatoms. The zero-order chi connectivity index (χ0) is 23.4. The van der Waals surface area contributed by atoms with Crippen molar-refractivity contribution < 1.29 is 18.7 Å². The second kappa shape index (κ2) is 8.33. The molecule has 0 heterocycles. The highest BCUT2D eigenvalue weighted by molar-refractivity contribution is 8.18. The van der Waals surface area contributed by atoms with Gasteiger partial charge in [-0.05, 0) is 68.3 Å². The molecule has 0 aromatic carbocycles. The smallest absolute Gasteiger partial charge is 0.303 e. The lowest BCUT2D eigenvalue weighted by molar-refractivity contribution is -0.209. The summed E-state index contributed by atoms with van der Waals surface area (Å²) in [5.41, 5.74) is -1.96. The quantitative estimate of drug-likeness (QED) is 0.255. The molecule has 0 spiro atoms. The first-order valence-electron chi connectivity index (χ1n) is 11.8. The molecule has 7 atom stereocenters. The number of fused-ring (bicyclic) bond motifs is 5. The number of halogens is 1. The molecule has 0 N–H and O–H groups in total. The van der Waals surface area contributed by atoms with Crippen LogP contribution in [0.1, 0.15) is 59.8 Å². The Balaban J connectivity index is 1.84. The predicted molar refractivity (Wildman–Crippen MR) is 131 cm³/mol. The largest absolute Gasteiger partial charge is 0.459 e. The van der Waals surface area contributed by atoms with Gasteiger partial charge in [0.25, 0.3) is 0 Å². The van der Waals surface area contributed by atoms with Crippen molar-refractivity contribution in [2.45, 2.75) is 75.7 Å². The number of thioether (sulfide) groups is 2. The second-order valence-electron chi connectivity index (χ2n) is 10.2. The van der Waals surface area contributed by atoms with E-state index < -0.39 is 23.2 Å². The molecular formula is C26H35FO3S2. The average Bonchev–Trinajstić information content (AvgIpc) is 3.00. The van der Waals surface area contributed by atoms with Gasteiger partial charge in [0.2, 0.25) is 0 Å². The summed E-state index contributed by atoms with van der Waals surface area (Å²) in [5.74, 6) is 1.33. The van der Waals surface area contributed by atoms with Gasteiger partial charge >= 0.3 is 5.97 Å². The Morgan fingerprint density at radius 2 is 2.06 bits per heavy atom. The molecule has 3 saturated carbocycles. The number of allylic oxidation sites excluding steroid dienone is 4. The summed E-state index contributed by atoms with van der Waals surface area (Å²) >= 11 is 3.91. The number of rotatable bonds is 6. The molecule has 0 bridgehead atoms. The molecule has 3 fully saturated rings. The number of alkyl halides is 1. The molecule has 1 unspecified atom stereocenters. The average molecular weight is 479 g/mol. The first-order chi connectivity index (χ1) is 15.1. The van der Waals surface area contributed by atoms with E-state index >= 15 is 4.39 Å². The third kappa shape index (κ3) is 3.22. The maximum atomic E-state index is 17.7. The third-order valence-corrected chi connectivity index (χ3v) is 12.5. The van der Waals surface area contributed by atoms with E-state index in [1.807, 2.05) is 36.5 Å². The van der Waals surface area contributed by atoms with Crippen LogP contribution in [0, 0.1) is 22.7 Å². The summed E-state index contributed by atoms with van der Waals surface area (Å²) in [4.78, 5) is 24.3. The summed E-state index contributed by atoms with van der Waals surface area (Å²) < 4.78 is 23.5. The molecule has 0 aromatic heterocycles. The monoisotopic (exact) mass is 478 g/mol. The van der Waals surface area contributed by atoms with E-state index in [0.29, 0.717) is 12.8 Å². The molecule has 0 radical (unpaired) electrons. The van der Waals surface area contributed by atoms with Crippen molar-refractivity contribution in [3.63, 3.8) is 0 Å². The maximum absolute atomic E-state index is 17.7. The SMILES string of the molecule is C=CCS[C@@]1(SCC)CC[C@H]2[C@@H]3CCC4=CC(=O)C=C[C@]4(C)C3(F)[C@@H](OC(C)=O)C[C@@]21C. The number of hydrogen-bond acceptors (Lipinski definition) is 5. The Hall–Kier alpha value is -1.01. The number of ketones is 1. The summed E-state index contributed by atoms with van der Waals surface area (Å²) in [5, 5.41) is 0. The predicted octanol–water partition coefficient (Wildman–Crippen LogP) is 6.30. The van der Waals surface area contributed by atoms with E-state index in [1.165, 1.54) is 13.0 Å². The first kappa shape index (κ1) is 24.1. The van der Waals surface area contributed by atoms with Crippen molar-refractivity contribution in [3.05, 3.63) is 36.5 Å². The molecule has 32 heavy (non-hydrogen) atoms. The Morgan fingerprint density at radius 1 is 1.31 bits per heavy atom. The maximum Gasteiger partial charge on any atom is 0.303 e. The molecule has 0 amide bonds. The van der Waals surface area contributed by atoms with E-state index in [1.54, 1.807) is 12.2 Å². The van der Waals surface area contributed by atoms with Crippen LogP contribution in [0.4, 0.5) is 4.39 Å². The van der Waals surface area contributed by atoms with Crippen LogP contribution in [0.2, 0.25) is 0 Å². The van der Waals surface area contributed by atoms with E-state index in [4.69, 9.17) is 4.74 Å². The molecule has 3 nitrogen and oxygen atoms in total. The minimum atomic E-state index is -1.72. The highest BCUT2D eigenvalue weighted by Crippen LogP contribution is 2.74. The number of esters is 1. The van der Waals surface area contributed by atoms with Gasteiger partial charge in [0.15, 0.2) is 11.5 Å². The molecule has 4 aliphatic rings. The number of ether oxygens (including phenoxy) is 1. The van der Waals surface area contributed by atoms with Gasteiger partial charge in [0.05, 0.1) is 4.08 Å². The van der Waals surface area contributed by atoms with Crippen LogP contribution in [0.15, 0.2) is 36.5 Å². The summed E-state index contributed by atoms with van der Waals surface area (Å²) in [6.45, 7) is 11.7. The van der Waals surface area contributed by atoms with Crippen molar-refractivity contribution in [2.24, 2.45) is 22.7 Å². The summed E-state index contributed by atoms with van der Waals surface area (Å²) in [7, 11) is 0. The van der Waals surface area contributed by atoms with Crippen LogP contribution in [0.5, 0.6) is 0 Å². The highest BCUT2D eigenvalue weighted by atomic mass is 32.2. The molecule has 0 aromatic rings. The van der Waals surface area contributed by atoms with Gasteiger partial charge in [-0.25, -0.2) is 4.39 Å². The molecule has 4 aliphatic carbocycles. The van der Waals surface area contributed by atoms with Crippen LogP contribution < -0.4 is 0 Å². The van der Waals surface area contributed by atoms with Crippen LogP contribution >= 0.6 is 23.5 Å². The topological polar surface area (TPSA) is 43.4 Å². The fraction of sp³-hybridized carbons (Fsp3) is 0.692. The first-order valence-corrected chi connectivity index (χ1v) is 13.7. The van der Waals surface area contributed by atoms with Gasteiger partial charge in [-0.1, -0.05) is 31.6 Å².